The maximum Gasteiger partial charge on any atom is 0.262 e. The van der Waals surface area contributed by atoms with Crippen LogP contribution in [0.4, 0.5) is 15.8 Å². The number of hydrogen-bond acceptors (Lipinski definition) is 4. The van der Waals surface area contributed by atoms with E-state index < -0.39 is 15.8 Å². The standard InChI is InChI=1S/C19H21FN2O4S/c1-13-11-14(6-8-17(13)22-10-4-3-5-19(22)23)21-27(24,25)15-7-9-18(26-2)16(20)12-15/h6-9,11-12,21H,3-5,10H2,1-2H3. The number of anilines is 2. The molecule has 0 aliphatic carbocycles. The minimum atomic E-state index is -3.95. The van der Waals surface area contributed by atoms with E-state index in [1.165, 1.54) is 19.2 Å². The van der Waals surface area contributed by atoms with Crippen molar-refractivity contribution < 1.29 is 22.3 Å². The molecule has 2 aromatic rings. The first-order chi connectivity index (χ1) is 12.8. The van der Waals surface area contributed by atoms with E-state index in [9.17, 15) is 17.6 Å². The summed E-state index contributed by atoms with van der Waals surface area (Å²) in [6.07, 6.45) is 2.37. The molecule has 0 bridgehead atoms. The van der Waals surface area contributed by atoms with Gasteiger partial charge in [-0.15, -0.1) is 0 Å². The van der Waals surface area contributed by atoms with Gasteiger partial charge in [0, 0.05) is 24.3 Å². The fourth-order valence-electron chi connectivity index (χ4n) is 3.11. The van der Waals surface area contributed by atoms with Gasteiger partial charge < -0.3 is 9.64 Å². The SMILES string of the molecule is COc1ccc(S(=O)(=O)Nc2ccc(N3CCCCC3=O)c(C)c2)cc1F. The number of amides is 1. The van der Waals surface area contributed by atoms with Crippen LogP contribution < -0.4 is 14.4 Å². The summed E-state index contributed by atoms with van der Waals surface area (Å²) in [5.41, 5.74) is 1.90. The Morgan fingerprint density at radius 3 is 2.56 bits per heavy atom. The molecule has 2 aromatic carbocycles. The molecule has 27 heavy (non-hydrogen) atoms. The van der Waals surface area contributed by atoms with E-state index in [-0.39, 0.29) is 16.6 Å². The van der Waals surface area contributed by atoms with E-state index in [0.29, 0.717) is 18.7 Å². The van der Waals surface area contributed by atoms with Crippen molar-refractivity contribution in [3.05, 3.63) is 47.8 Å². The first-order valence-corrected chi connectivity index (χ1v) is 10.1. The highest BCUT2D eigenvalue weighted by Gasteiger charge is 2.22. The summed E-state index contributed by atoms with van der Waals surface area (Å²) < 4.78 is 46.1. The highest BCUT2D eigenvalue weighted by atomic mass is 32.2. The molecule has 0 saturated carbocycles. The molecular weight excluding hydrogens is 371 g/mol. The van der Waals surface area contributed by atoms with E-state index in [1.54, 1.807) is 23.1 Å². The second-order valence-corrected chi connectivity index (χ2v) is 8.09. The highest BCUT2D eigenvalue weighted by Crippen LogP contribution is 2.28. The van der Waals surface area contributed by atoms with Gasteiger partial charge in [0.2, 0.25) is 5.91 Å². The number of hydrogen-bond donors (Lipinski definition) is 1. The molecule has 0 spiro atoms. The molecule has 1 N–H and O–H groups in total. The molecule has 1 aliphatic heterocycles. The van der Waals surface area contributed by atoms with Gasteiger partial charge in [0.25, 0.3) is 10.0 Å². The van der Waals surface area contributed by atoms with Gasteiger partial charge in [-0.3, -0.25) is 9.52 Å². The highest BCUT2D eigenvalue weighted by molar-refractivity contribution is 7.92. The normalized spacial score (nSPS) is 14.9. The number of ether oxygens (including phenoxy) is 1. The summed E-state index contributed by atoms with van der Waals surface area (Å²) in [7, 11) is -2.64. The number of rotatable bonds is 5. The van der Waals surface area contributed by atoms with Crippen LogP contribution in [-0.2, 0) is 14.8 Å². The summed E-state index contributed by atoms with van der Waals surface area (Å²) in [6.45, 7) is 2.48. The van der Waals surface area contributed by atoms with Crippen molar-refractivity contribution >= 4 is 27.3 Å². The topological polar surface area (TPSA) is 75.7 Å². The Hall–Kier alpha value is -2.61. The van der Waals surface area contributed by atoms with Crippen molar-refractivity contribution in [3.63, 3.8) is 0 Å². The molecule has 0 atom stereocenters. The number of nitrogens with one attached hydrogen (secondary N) is 1. The number of carbonyl (C=O) groups is 1. The van der Waals surface area contributed by atoms with Crippen LogP contribution >= 0.6 is 0 Å². The van der Waals surface area contributed by atoms with Crippen LogP contribution in [0.1, 0.15) is 24.8 Å². The lowest BCUT2D eigenvalue weighted by atomic mass is 10.1. The predicted molar refractivity (Wildman–Crippen MR) is 101 cm³/mol. The van der Waals surface area contributed by atoms with E-state index in [0.717, 1.165) is 30.2 Å². The van der Waals surface area contributed by atoms with Gasteiger partial charge >= 0.3 is 0 Å². The van der Waals surface area contributed by atoms with Crippen molar-refractivity contribution in [2.45, 2.75) is 31.1 Å². The number of methoxy groups -OCH3 is 1. The number of piperidine rings is 1. The molecule has 6 nitrogen and oxygen atoms in total. The Kier molecular flexibility index (Phi) is 5.36. The Labute approximate surface area is 158 Å². The van der Waals surface area contributed by atoms with Gasteiger partial charge in [0.1, 0.15) is 0 Å². The molecule has 1 saturated heterocycles. The lowest BCUT2D eigenvalue weighted by Gasteiger charge is -2.28. The third-order valence-electron chi connectivity index (χ3n) is 4.50. The van der Waals surface area contributed by atoms with Crippen molar-refractivity contribution in [2.24, 2.45) is 0 Å². The first kappa shape index (κ1) is 19.2. The molecule has 144 valence electrons. The van der Waals surface area contributed by atoms with Crippen molar-refractivity contribution in [1.29, 1.82) is 0 Å². The number of sulfonamides is 1. The van der Waals surface area contributed by atoms with E-state index in [1.807, 2.05) is 6.92 Å². The Morgan fingerprint density at radius 1 is 1.15 bits per heavy atom. The van der Waals surface area contributed by atoms with Gasteiger partial charge in [0.15, 0.2) is 11.6 Å². The summed E-state index contributed by atoms with van der Waals surface area (Å²) >= 11 is 0. The molecule has 0 radical (unpaired) electrons. The van der Waals surface area contributed by atoms with E-state index >= 15 is 0 Å². The first-order valence-electron chi connectivity index (χ1n) is 8.59. The summed E-state index contributed by atoms with van der Waals surface area (Å²) in [5, 5.41) is 0. The van der Waals surface area contributed by atoms with Crippen LogP contribution in [0.25, 0.3) is 0 Å². The minimum absolute atomic E-state index is 0.0275. The molecule has 1 aliphatic rings. The Morgan fingerprint density at radius 2 is 1.93 bits per heavy atom. The zero-order valence-electron chi connectivity index (χ0n) is 15.2. The van der Waals surface area contributed by atoms with Crippen LogP contribution in [0.3, 0.4) is 0 Å². The molecular formula is C19H21FN2O4S. The van der Waals surface area contributed by atoms with Crippen LogP contribution in [0.5, 0.6) is 5.75 Å². The predicted octanol–water partition coefficient (Wildman–Crippen LogP) is 3.46. The molecule has 1 fully saturated rings. The summed E-state index contributed by atoms with van der Waals surface area (Å²) in [6, 6.07) is 8.44. The summed E-state index contributed by atoms with van der Waals surface area (Å²) in [4.78, 5) is 13.6. The average molecular weight is 392 g/mol. The quantitative estimate of drug-likeness (QED) is 0.846. The average Bonchev–Trinajstić information content (AvgIpc) is 2.62. The molecule has 1 heterocycles. The van der Waals surface area contributed by atoms with Gasteiger partial charge in [-0.1, -0.05) is 0 Å². The van der Waals surface area contributed by atoms with Crippen LogP contribution in [0.15, 0.2) is 41.3 Å². The van der Waals surface area contributed by atoms with Crippen molar-refractivity contribution in [2.75, 3.05) is 23.3 Å². The third-order valence-corrected chi connectivity index (χ3v) is 5.88. The van der Waals surface area contributed by atoms with E-state index in [2.05, 4.69) is 4.72 Å². The molecule has 1 amide bonds. The fraction of sp³-hybridized carbons (Fsp3) is 0.316. The van der Waals surface area contributed by atoms with E-state index in [4.69, 9.17) is 4.74 Å². The van der Waals surface area contributed by atoms with Crippen LogP contribution in [0.2, 0.25) is 0 Å². The molecule has 0 aromatic heterocycles. The Bertz CT molecular complexity index is 976. The van der Waals surface area contributed by atoms with Gasteiger partial charge in [0.05, 0.1) is 12.0 Å². The minimum Gasteiger partial charge on any atom is -0.494 e. The number of nitrogens with zero attached hydrogens (tertiary/aromatic N) is 1. The molecule has 3 rings (SSSR count). The maximum absolute atomic E-state index is 13.8. The fourth-order valence-corrected chi connectivity index (χ4v) is 4.17. The Balaban J connectivity index is 1.84. The maximum atomic E-state index is 13.8. The largest absolute Gasteiger partial charge is 0.494 e. The van der Waals surface area contributed by atoms with Gasteiger partial charge in [-0.05, 0) is 61.7 Å². The van der Waals surface area contributed by atoms with Gasteiger partial charge in [-0.25, -0.2) is 12.8 Å². The van der Waals surface area contributed by atoms with Crippen molar-refractivity contribution in [3.8, 4) is 5.75 Å². The van der Waals surface area contributed by atoms with Gasteiger partial charge in [-0.2, -0.15) is 0 Å². The van der Waals surface area contributed by atoms with Crippen LogP contribution in [-0.4, -0.2) is 28.0 Å². The van der Waals surface area contributed by atoms with Crippen LogP contribution in [0, 0.1) is 12.7 Å². The summed E-state index contributed by atoms with van der Waals surface area (Å²) in [5.74, 6) is -0.706. The lowest BCUT2D eigenvalue weighted by molar-refractivity contribution is -0.119. The molecule has 8 heteroatoms. The van der Waals surface area contributed by atoms with Crippen molar-refractivity contribution in [1.82, 2.24) is 0 Å². The monoisotopic (exact) mass is 392 g/mol. The zero-order chi connectivity index (χ0) is 19.6. The molecule has 0 unspecified atom stereocenters. The second kappa shape index (κ2) is 7.56. The zero-order valence-corrected chi connectivity index (χ0v) is 16.0. The number of carbonyl (C=O) groups excluding carboxylic acids is 1. The lowest BCUT2D eigenvalue weighted by Crippen LogP contribution is -2.35. The number of benzene rings is 2. The third kappa shape index (κ3) is 4.05. The smallest absolute Gasteiger partial charge is 0.262 e. The number of halogens is 1. The second-order valence-electron chi connectivity index (χ2n) is 6.41. The number of aryl methyl sites for hydroxylation is 1.